The SMILES string of the molecule is Cn1nc(C2CCCC2)cc1NC(=O)Cn1nnc(-c2ccc(Cl)cc2)n1. The summed E-state index contributed by atoms with van der Waals surface area (Å²) in [6.45, 7) is -0.0233. The summed E-state index contributed by atoms with van der Waals surface area (Å²) < 4.78 is 1.71. The van der Waals surface area contributed by atoms with Gasteiger partial charge in [-0.05, 0) is 42.3 Å². The normalized spacial score (nSPS) is 14.6. The standard InChI is InChI=1S/C18H20ClN7O/c1-25-16(10-15(22-25)12-4-2-3-5-12)20-17(27)11-26-23-18(21-24-26)13-6-8-14(19)9-7-13/h6-10,12H,2-5,11H2,1H3,(H,20,27). The maximum atomic E-state index is 12.4. The number of tetrazole rings is 1. The second-order valence-corrected chi connectivity index (χ2v) is 7.19. The van der Waals surface area contributed by atoms with E-state index in [9.17, 15) is 4.79 Å². The van der Waals surface area contributed by atoms with E-state index in [1.807, 2.05) is 25.2 Å². The van der Waals surface area contributed by atoms with Crippen LogP contribution in [0, 0.1) is 0 Å². The van der Waals surface area contributed by atoms with E-state index in [0.717, 1.165) is 11.3 Å². The third-order valence-electron chi connectivity index (χ3n) is 4.78. The zero-order valence-electron chi connectivity index (χ0n) is 15.0. The molecule has 0 aliphatic heterocycles. The van der Waals surface area contributed by atoms with Crippen molar-refractivity contribution in [1.29, 1.82) is 0 Å². The molecule has 0 unspecified atom stereocenters. The Kier molecular flexibility index (Phi) is 4.89. The van der Waals surface area contributed by atoms with E-state index in [0.29, 0.717) is 22.6 Å². The van der Waals surface area contributed by atoms with E-state index in [1.165, 1.54) is 30.5 Å². The minimum atomic E-state index is -0.226. The predicted molar refractivity (Wildman–Crippen MR) is 101 cm³/mol. The predicted octanol–water partition coefficient (Wildman–Crippen LogP) is 3.02. The van der Waals surface area contributed by atoms with Gasteiger partial charge in [-0.2, -0.15) is 9.90 Å². The molecule has 4 rings (SSSR count). The summed E-state index contributed by atoms with van der Waals surface area (Å²) in [6.07, 6.45) is 4.83. The molecule has 27 heavy (non-hydrogen) atoms. The number of aromatic nitrogens is 6. The Morgan fingerprint density at radius 1 is 1.22 bits per heavy atom. The number of aryl methyl sites for hydroxylation is 1. The molecule has 0 atom stereocenters. The van der Waals surface area contributed by atoms with Crippen LogP contribution in [0.15, 0.2) is 30.3 Å². The summed E-state index contributed by atoms with van der Waals surface area (Å²) in [5.41, 5.74) is 1.84. The third-order valence-corrected chi connectivity index (χ3v) is 5.03. The van der Waals surface area contributed by atoms with Gasteiger partial charge in [0.1, 0.15) is 12.4 Å². The summed E-state index contributed by atoms with van der Waals surface area (Å²) >= 11 is 5.88. The number of carbonyl (C=O) groups is 1. The molecule has 3 aromatic rings. The Bertz CT molecular complexity index is 941. The first-order valence-electron chi connectivity index (χ1n) is 8.96. The molecule has 1 fully saturated rings. The fourth-order valence-electron chi connectivity index (χ4n) is 3.36. The minimum absolute atomic E-state index is 0.0233. The van der Waals surface area contributed by atoms with Crippen LogP contribution in [-0.4, -0.2) is 35.9 Å². The Labute approximate surface area is 161 Å². The van der Waals surface area contributed by atoms with Crippen molar-refractivity contribution in [3.05, 3.63) is 41.0 Å². The molecule has 1 saturated carbocycles. The fraction of sp³-hybridized carbons (Fsp3) is 0.389. The molecule has 0 radical (unpaired) electrons. The zero-order chi connectivity index (χ0) is 18.8. The first kappa shape index (κ1) is 17.7. The molecular weight excluding hydrogens is 366 g/mol. The van der Waals surface area contributed by atoms with E-state index >= 15 is 0 Å². The quantitative estimate of drug-likeness (QED) is 0.729. The number of hydrogen-bond donors (Lipinski definition) is 1. The van der Waals surface area contributed by atoms with Gasteiger partial charge in [-0.3, -0.25) is 9.48 Å². The molecule has 1 aromatic carbocycles. The Hall–Kier alpha value is -2.74. The van der Waals surface area contributed by atoms with Gasteiger partial charge in [0.2, 0.25) is 11.7 Å². The van der Waals surface area contributed by atoms with Crippen LogP contribution < -0.4 is 5.32 Å². The first-order chi connectivity index (χ1) is 13.1. The molecule has 1 aliphatic carbocycles. The topological polar surface area (TPSA) is 90.5 Å². The van der Waals surface area contributed by atoms with Crippen LogP contribution in [0.25, 0.3) is 11.4 Å². The van der Waals surface area contributed by atoms with Gasteiger partial charge in [0.05, 0.1) is 5.69 Å². The molecule has 0 saturated heterocycles. The number of nitrogens with one attached hydrogen (secondary N) is 1. The van der Waals surface area contributed by atoms with E-state index in [4.69, 9.17) is 11.6 Å². The Morgan fingerprint density at radius 2 is 1.96 bits per heavy atom. The molecule has 140 valence electrons. The van der Waals surface area contributed by atoms with Gasteiger partial charge in [0.15, 0.2) is 0 Å². The molecule has 2 aromatic heterocycles. The minimum Gasteiger partial charge on any atom is -0.309 e. The number of halogens is 1. The summed E-state index contributed by atoms with van der Waals surface area (Å²) in [7, 11) is 1.83. The maximum absolute atomic E-state index is 12.4. The average Bonchev–Trinajstić information content (AvgIpc) is 3.38. The monoisotopic (exact) mass is 385 g/mol. The molecule has 0 spiro atoms. The van der Waals surface area contributed by atoms with Crippen LogP contribution in [-0.2, 0) is 18.4 Å². The van der Waals surface area contributed by atoms with Crippen molar-refractivity contribution in [3.63, 3.8) is 0 Å². The number of carbonyl (C=O) groups excluding carboxylic acids is 1. The molecule has 0 bridgehead atoms. The molecule has 1 N–H and O–H groups in total. The fourth-order valence-corrected chi connectivity index (χ4v) is 3.49. The lowest BCUT2D eigenvalue weighted by Gasteiger charge is -2.03. The molecule has 8 nitrogen and oxygen atoms in total. The summed E-state index contributed by atoms with van der Waals surface area (Å²) in [4.78, 5) is 13.6. The lowest BCUT2D eigenvalue weighted by Crippen LogP contribution is -2.21. The van der Waals surface area contributed by atoms with Crippen molar-refractivity contribution < 1.29 is 4.79 Å². The van der Waals surface area contributed by atoms with E-state index in [-0.39, 0.29) is 12.5 Å². The lowest BCUT2D eigenvalue weighted by atomic mass is 10.0. The number of rotatable bonds is 5. The molecule has 9 heteroatoms. The van der Waals surface area contributed by atoms with Crippen LogP contribution in [0.4, 0.5) is 5.82 Å². The lowest BCUT2D eigenvalue weighted by molar-refractivity contribution is -0.117. The second kappa shape index (κ2) is 7.48. The smallest absolute Gasteiger partial charge is 0.249 e. The highest BCUT2D eigenvalue weighted by Crippen LogP contribution is 2.34. The highest BCUT2D eigenvalue weighted by atomic mass is 35.5. The number of anilines is 1. The number of nitrogens with zero attached hydrogens (tertiary/aromatic N) is 6. The zero-order valence-corrected chi connectivity index (χ0v) is 15.7. The van der Waals surface area contributed by atoms with E-state index < -0.39 is 0 Å². The number of hydrogen-bond acceptors (Lipinski definition) is 5. The van der Waals surface area contributed by atoms with Crippen molar-refractivity contribution in [2.45, 2.75) is 38.1 Å². The van der Waals surface area contributed by atoms with Gasteiger partial charge >= 0.3 is 0 Å². The molecule has 1 aliphatic rings. The molecule has 1 amide bonds. The van der Waals surface area contributed by atoms with Crippen LogP contribution >= 0.6 is 11.6 Å². The van der Waals surface area contributed by atoms with Crippen molar-refractivity contribution in [2.75, 3.05) is 5.32 Å². The summed E-state index contributed by atoms with van der Waals surface area (Å²) in [5.74, 6) is 1.40. The van der Waals surface area contributed by atoms with Gasteiger partial charge in [0, 0.05) is 29.6 Å². The third kappa shape index (κ3) is 4.00. The molecular formula is C18H20ClN7O. The van der Waals surface area contributed by atoms with Gasteiger partial charge in [-0.1, -0.05) is 24.4 Å². The van der Waals surface area contributed by atoms with Crippen molar-refractivity contribution >= 4 is 23.3 Å². The highest BCUT2D eigenvalue weighted by Gasteiger charge is 2.21. The van der Waals surface area contributed by atoms with Crippen molar-refractivity contribution in [2.24, 2.45) is 7.05 Å². The number of benzene rings is 1. The first-order valence-corrected chi connectivity index (χ1v) is 9.34. The maximum Gasteiger partial charge on any atom is 0.249 e. The number of amides is 1. The van der Waals surface area contributed by atoms with Gasteiger partial charge in [0.25, 0.3) is 0 Å². The summed E-state index contributed by atoms with van der Waals surface area (Å²) in [5, 5.41) is 20.2. The van der Waals surface area contributed by atoms with E-state index in [1.54, 1.807) is 16.8 Å². The Balaban J connectivity index is 1.40. The highest BCUT2D eigenvalue weighted by molar-refractivity contribution is 6.30. The average molecular weight is 386 g/mol. The largest absolute Gasteiger partial charge is 0.309 e. The second-order valence-electron chi connectivity index (χ2n) is 6.76. The van der Waals surface area contributed by atoms with Gasteiger partial charge < -0.3 is 5.32 Å². The van der Waals surface area contributed by atoms with Gasteiger partial charge in [-0.15, -0.1) is 10.2 Å². The van der Waals surface area contributed by atoms with Crippen molar-refractivity contribution in [3.8, 4) is 11.4 Å². The van der Waals surface area contributed by atoms with Crippen LogP contribution in [0.1, 0.15) is 37.3 Å². The molecule has 2 heterocycles. The van der Waals surface area contributed by atoms with Crippen molar-refractivity contribution in [1.82, 2.24) is 30.0 Å². The van der Waals surface area contributed by atoms with Gasteiger partial charge in [-0.25, -0.2) is 0 Å². The Morgan fingerprint density at radius 3 is 2.70 bits per heavy atom. The van der Waals surface area contributed by atoms with Crippen LogP contribution in [0.5, 0.6) is 0 Å². The van der Waals surface area contributed by atoms with Crippen LogP contribution in [0.2, 0.25) is 5.02 Å². The van der Waals surface area contributed by atoms with E-state index in [2.05, 4.69) is 25.8 Å². The van der Waals surface area contributed by atoms with Crippen LogP contribution in [0.3, 0.4) is 0 Å². The summed E-state index contributed by atoms with van der Waals surface area (Å²) in [6, 6.07) is 9.10.